The van der Waals surface area contributed by atoms with Crippen molar-refractivity contribution in [2.75, 3.05) is 25.1 Å². The second-order valence-corrected chi connectivity index (χ2v) is 5.96. The van der Waals surface area contributed by atoms with Crippen molar-refractivity contribution in [3.63, 3.8) is 0 Å². The Balaban J connectivity index is 1.75. The largest absolute Gasteiger partial charge is 0.389 e. The number of hydrogen-bond acceptors (Lipinski definition) is 5. The standard InChI is InChI=1S/C17H17F2N3O2/c18-12-3-14-16(11(5-20)6-21-17(14)15(19)4-12)22-7-13(23)9-24-8-10-1-2-10/h3-4,6,10,13,23H,1-2,7-9H2,(H,21,22)/t13-/m0/s1. The van der Waals surface area contributed by atoms with Crippen molar-refractivity contribution in [2.24, 2.45) is 5.92 Å². The van der Waals surface area contributed by atoms with Crippen LogP contribution in [0.2, 0.25) is 0 Å². The molecule has 0 saturated heterocycles. The number of rotatable bonds is 7. The SMILES string of the molecule is N#Cc1cnc2c(F)cc(F)cc2c1NC[C@H](O)COCC1CC1. The highest BCUT2D eigenvalue weighted by Crippen LogP contribution is 2.29. The fourth-order valence-corrected chi connectivity index (χ4v) is 2.44. The van der Waals surface area contributed by atoms with E-state index in [0.717, 1.165) is 12.1 Å². The van der Waals surface area contributed by atoms with Crippen molar-refractivity contribution in [1.29, 1.82) is 5.26 Å². The van der Waals surface area contributed by atoms with Crippen LogP contribution in [0.5, 0.6) is 0 Å². The van der Waals surface area contributed by atoms with Crippen molar-refractivity contribution in [3.8, 4) is 6.07 Å². The van der Waals surface area contributed by atoms with Crippen molar-refractivity contribution < 1.29 is 18.6 Å². The zero-order valence-electron chi connectivity index (χ0n) is 12.9. The predicted octanol–water partition coefficient (Wildman–Crippen LogP) is 2.58. The maximum absolute atomic E-state index is 13.8. The quantitative estimate of drug-likeness (QED) is 0.814. The summed E-state index contributed by atoms with van der Waals surface area (Å²) in [5.74, 6) is -0.954. The molecule has 0 amide bonds. The summed E-state index contributed by atoms with van der Waals surface area (Å²) >= 11 is 0. The molecule has 2 N–H and O–H groups in total. The lowest BCUT2D eigenvalue weighted by atomic mass is 10.1. The number of benzene rings is 1. The Bertz CT molecular complexity index is 787. The smallest absolute Gasteiger partial charge is 0.152 e. The molecule has 0 bridgehead atoms. The predicted molar refractivity (Wildman–Crippen MR) is 84.4 cm³/mol. The van der Waals surface area contributed by atoms with E-state index < -0.39 is 17.7 Å². The fraction of sp³-hybridized carbons (Fsp3) is 0.412. The van der Waals surface area contributed by atoms with Crippen LogP contribution in [0, 0.1) is 28.9 Å². The number of aliphatic hydroxyl groups excluding tert-OH is 1. The fourth-order valence-electron chi connectivity index (χ4n) is 2.44. The minimum absolute atomic E-state index is 0.0302. The first-order valence-corrected chi connectivity index (χ1v) is 7.76. The van der Waals surface area contributed by atoms with Crippen molar-refractivity contribution >= 4 is 16.6 Å². The van der Waals surface area contributed by atoms with Gasteiger partial charge in [-0.15, -0.1) is 0 Å². The summed E-state index contributed by atoms with van der Waals surface area (Å²) in [4.78, 5) is 3.86. The Morgan fingerprint density at radius 2 is 2.21 bits per heavy atom. The molecule has 24 heavy (non-hydrogen) atoms. The molecule has 1 atom stereocenters. The van der Waals surface area contributed by atoms with Gasteiger partial charge in [0.05, 0.1) is 24.0 Å². The monoisotopic (exact) mass is 333 g/mol. The van der Waals surface area contributed by atoms with E-state index in [0.29, 0.717) is 12.5 Å². The van der Waals surface area contributed by atoms with Gasteiger partial charge in [0.25, 0.3) is 0 Å². The number of ether oxygens (including phenoxy) is 1. The number of nitrogens with zero attached hydrogens (tertiary/aromatic N) is 2. The number of aliphatic hydroxyl groups is 1. The molecule has 1 aromatic heterocycles. The molecule has 1 aliphatic rings. The first kappa shape index (κ1) is 16.6. The molecular weight excluding hydrogens is 316 g/mol. The molecular formula is C17H17F2N3O2. The van der Waals surface area contributed by atoms with Gasteiger partial charge in [0.15, 0.2) is 5.82 Å². The number of halogens is 2. The maximum atomic E-state index is 13.8. The molecule has 1 saturated carbocycles. The molecule has 1 aliphatic carbocycles. The molecule has 1 fully saturated rings. The van der Waals surface area contributed by atoms with Crippen LogP contribution in [0.3, 0.4) is 0 Å². The summed E-state index contributed by atoms with van der Waals surface area (Å²) in [6, 6.07) is 3.79. The van der Waals surface area contributed by atoms with E-state index in [1.165, 1.54) is 19.0 Å². The maximum Gasteiger partial charge on any atom is 0.152 e. The summed E-state index contributed by atoms with van der Waals surface area (Å²) in [6.07, 6.45) is 2.76. The highest BCUT2D eigenvalue weighted by atomic mass is 19.1. The van der Waals surface area contributed by atoms with Gasteiger partial charge in [-0.25, -0.2) is 8.78 Å². The molecule has 3 rings (SSSR count). The second-order valence-electron chi connectivity index (χ2n) is 5.96. The van der Waals surface area contributed by atoms with Crippen LogP contribution in [0.4, 0.5) is 14.5 Å². The third kappa shape index (κ3) is 3.78. The van der Waals surface area contributed by atoms with Crippen molar-refractivity contribution in [2.45, 2.75) is 18.9 Å². The lowest BCUT2D eigenvalue weighted by Gasteiger charge is -2.15. The lowest BCUT2D eigenvalue weighted by molar-refractivity contribution is 0.0386. The van der Waals surface area contributed by atoms with Gasteiger partial charge < -0.3 is 15.2 Å². The van der Waals surface area contributed by atoms with Gasteiger partial charge in [-0.3, -0.25) is 4.98 Å². The van der Waals surface area contributed by atoms with Crippen LogP contribution < -0.4 is 5.32 Å². The van der Waals surface area contributed by atoms with E-state index >= 15 is 0 Å². The molecule has 126 valence electrons. The van der Waals surface area contributed by atoms with Gasteiger partial charge in [0.1, 0.15) is 17.4 Å². The third-order valence-electron chi connectivity index (χ3n) is 3.89. The Morgan fingerprint density at radius 3 is 2.92 bits per heavy atom. The number of nitrogens with one attached hydrogen (secondary N) is 1. The van der Waals surface area contributed by atoms with Crippen LogP contribution in [0.15, 0.2) is 18.3 Å². The number of pyridine rings is 1. The van der Waals surface area contributed by atoms with Gasteiger partial charge in [-0.2, -0.15) is 5.26 Å². The number of hydrogen-bond donors (Lipinski definition) is 2. The van der Waals surface area contributed by atoms with Gasteiger partial charge in [-0.05, 0) is 24.8 Å². The van der Waals surface area contributed by atoms with Crippen LogP contribution >= 0.6 is 0 Å². The minimum Gasteiger partial charge on any atom is -0.389 e. The molecule has 0 radical (unpaired) electrons. The van der Waals surface area contributed by atoms with Gasteiger partial charge >= 0.3 is 0 Å². The topological polar surface area (TPSA) is 78.2 Å². The normalized spacial score (nSPS) is 15.2. The van der Waals surface area contributed by atoms with E-state index in [4.69, 9.17) is 4.74 Å². The summed E-state index contributed by atoms with van der Waals surface area (Å²) < 4.78 is 32.7. The Hall–Kier alpha value is -2.30. The molecule has 7 heteroatoms. The lowest BCUT2D eigenvalue weighted by Crippen LogP contribution is -2.25. The number of fused-ring (bicyclic) bond motifs is 1. The average Bonchev–Trinajstić information content (AvgIpc) is 3.36. The average molecular weight is 333 g/mol. The highest BCUT2D eigenvalue weighted by molar-refractivity contribution is 5.94. The van der Waals surface area contributed by atoms with Crippen molar-refractivity contribution in [1.82, 2.24) is 4.98 Å². The third-order valence-corrected chi connectivity index (χ3v) is 3.89. The second kappa shape index (κ2) is 7.07. The van der Waals surface area contributed by atoms with Gasteiger partial charge in [0, 0.05) is 30.8 Å². The van der Waals surface area contributed by atoms with E-state index in [9.17, 15) is 19.1 Å². The first-order chi connectivity index (χ1) is 11.6. The number of aromatic nitrogens is 1. The zero-order valence-corrected chi connectivity index (χ0v) is 12.9. The van der Waals surface area contributed by atoms with Gasteiger partial charge in [-0.1, -0.05) is 0 Å². The Kier molecular flexibility index (Phi) is 4.88. The van der Waals surface area contributed by atoms with Crippen LogP contribution in [0.1, 0.15) is 18.4 Å². The molecule has 2 aromatic rings. The van der Waals surface area contributed by atoms with E-state index in [1.54, 1.807) is 0 Å². The number of nitriles is 1. The van der Waals surface area contributed by atoms with Crippen molar-refractivity contribution in [3.05, 3.63) is 35.5 Å². The number of anilines is 1. The Morgan fingerprint density at radius 1 is 1.42 bits per heavy atom. The summed E-state index contributed by atoms with van der Waals surface area (Å²) in [5.41, 5.74) is 0.373. The summed E-state index contributed by atoms with van der Waals surface area (Å²) in [7, 11) is 0. The van der Waals surface area contributed by atoms with E-state index in [-0.39, 0.29) is 35.3 Å². The van der Waals surface area contributed by atoms with Crippen LogP contribution in [0.25, 0.3) is 10.9 Å². The van der Waals surface area contributed by atoms with Gasteiger partial charge in [0.2, 0.25) is 0 Å². The molecule has 0 unspecified atom stereocenters. The summed E-state index contributed by atoms with van der Waals surface area (Å²) in [6.45, 7) is 0.892. The highest BCUT2D eigenvalue weighted by Gasteiger charge is 2.21. The molecule has 0 aliphatic heterocycles. The summed E-state index contributed by atoms with van der Waals surface area (Å²) in [5, 5.41) is 22.2. The first-order valence-electron chi connectivity index (χ1n) is 7.76. The molecule has 5 nitrogen and oxygen atoms in total. The van der Waals surface area contributed by atoms with E-state index in [2.05, 4.69) is 10.3 Å². The minimum atomic E-state index is -0.800. The van der Waals surface area contributed by atoms with Crippen LogP contribution in [-0.2, 0) is 4.74 Å². The van der Waals surface area contributed by atoms with Crippen LogP contribution in [-0.4, -0.2) is 36.0 Å². The Labute approximate surface area is 137 Å². The zero-order chi connectivity index (χ0) is 17.1. The molecule has 1 aromatic carbocycles. The molecule has 1 heterocycles. The van der Waals surface area contributed by atoms with E-state index in [1.807, 2.05) is 6.07 Å². The molecule has 0 spiro atoms.